The van der Waals surface area contributed by atoms with Gasteiger partial charge in [0.25, 0.3) is 11.6 Å². The van der Waals surface area contributed by atoms with Crippen molar-refractivity contribution in [2.45, 2.75) is 11.8 Å². The maximum absolute atomic E-state index is 12.6. The summed E-state index contributed by atoms with van der Waals surface area (Å²) in [5, 5.41) is 18.0. The van der Waals surface area contributed by atoms with Crippen LogP contribution in [0.15, 0.2) is 64.3 Å². The predicted octanol–water partition coefficient (Wildman–Crippen LogP) is 3.42. The van der Waals surface area contributed by atoms with E-state index in [9.17, 15) is 19.7 Å². The lowest BCUT2D eigenvalue weighted by Gasteiger charge is -2.11. The zero-order valence-electron chi connectivity index (χ0n) is 15.1. The van der Waals surface area contributed by atoms with Gasteiger partial charge >= 0.3 is 0 Å². The van der Waals surface area contributed by atoms with Crippen molar-refractivity contribution >= 4 is 29.0 Å². The van der Waals surface area contributed by atoms with E-state index >= 15 is 0 Å². The first-order chi connectivity index (χ1) is 13.4. The summed E-state index contributed by atoms with van der Waals surface area (Å²) in [4.78, 5) is 36.7. The van der Waals surface area contributed by atoms with Crippen molar-refractivity contribution < 1.29 is 9.72 Å². The molecular formula is C19H16N4O4S. The number of thioether (sulfide) groups is 1. The SMILES string of the molecule is CSc1ccc(NC(=O)c2nn(-c3ccccc3[N+](=O)[O-])c(C)cc2=O)cc1. The van der Waals surface area contributed by atoms with Crippen LogP contribution >= 0.6 is 11.8 Å². The molecule has 2 aromatic carbocycles. The van der Waals surface area contributed by atoms with Crippen LogP contribution in [-0.2, 0) is 0 Å². The molecule has 0 aliphatic rings. The zero-order valence-corrected chi connectivity index (χ0v) is 15.9. The number of aryl methyl sites for hydroxylation is 1. The van der Waals surface area contributed by atoms with Gasteiger partial charge in [0, 0.05) is 28.4 Å². The van der Waals surface area contributed by atoms with Crippen LogP contribution in [0.2, 0.25) is 0 Å². The summed E-state index contributed by atoms with van der Waals surface area (Å²) in [5.41, 5.74) is -0.0330. The Hall–Kier alpha value is -3.46. The number of nitrogens with one attached hydrogen (secondary N) is 1. The third kappa shape index (κ3) is 3.94. The average Bonchev–Trinajstić information content (AvgIpc) is 2.68. The molecule has 0 spiro atoms. The topological polar surface area (TPSA) is 107 Å². The number of carbonyl (C=O) groups excluding carboxylic acids is 1. The molecule has 0 bridgehead atoms. The van der Waals surface area contributed by atoms with Gasteiger partial charge in [0.05, 0.1) is 4.92 Å². The van der Waals surface area contributed by atoms with E-state index in [0.29, 0.717) is 11.4 Å². The highest BCUT2D eigenvalue weighted by atomic mass is 32.2. The van der Waals surface area contributed by atoms with E-state index in [0.717, 1.165) is 4.90 Å². The molecule has 1 aromatic heterocycles. The summed E-state index contributed by atoms with van der Waals surface area (Å²) in [7, 11) is 0. The Morgan fingerprint density at radius 1 is 1.18 bits per heavy atom. The van der Waals surface area contributed by atoms with Gasteiger partial charge in [0.15, 0.2) is 5.69 Å². The van der Waals surface area contributed by atoms with Gasteiger partial charge in [-0.3, -0.25) is 19.7 Å². The van der Waals surface area contributed by atoms with E-state index in [-0.39, 0.29) is 17.1 Å². The minimum Gasteiger partial charge on any atom is -0.320 e. The van der Waals surface area contributed by atoms with Crippen molar-refractivity contribution in [3.8, 4) is 5.69 Å². The van der Waals surface area contributed by atoms with Crippen LogP contribution in [0.4, 0.5) is 11.4 Å². The molecule has 8 nitrogen and oxygen atoms in total. The smallest absolute Gasteiger partial charge is 0.294 e. The number of nitro benzene ring substituents is 1. The Morgan fingerprint density at radius 2 is 1.86 bits per heavy atom. The minimum absolute atomic E-state index is 0.170. The molecule has 0 atom stereocenters. The molecule has 3 rings (SSSR count). The van der Waals surface area contributed by atoms with Gasteiger partial charge in [0.2, 0.25) is 5.43 Å². The number of nitro groups is 1. The molecule has 0 radical (unpaired) electrons. The molecule has 3 aromatic rings. The predicted molar refractivity (Wildman–Crippen MR) is 107 cm³/mol. The Morgan fingerprint density at radius 3 is 2.50 bits per heavy atom. The van der Waals surface area contributed by atoms with E-state index < -0.39 is 16.3 Å². The van der Waals surface area contributed by atoms with Gasteiger partial charge < -0.3 is 5.32 Å². The molecule has 1 heterocycles. The first-order valence-electron chi connectivity index (χ1n) is 8.21. The Labute approximate surface area is 164 Å². The van der Waals surface area contributed by atoms with E-state index in [1.807, 2.05) is 18.4 Å². The number of anilines is 1. The van der Waals surface area contributed by atoms with Gasteiger partial charge in [-0.15, -0.1) is 11.8 Å². The number of nitrogens with zero attached hydrogens (tertiary/aromatic N) is 3. The molecule has 0 fully saturated rings. The molecule has 9 heteroatoms. The molecule has 0 saturated heterocycles. The highest BCUT2D eigenvalue weighted by Crippen LogP contribution is 2.22. The number of para-hydroxylation sites is 2. The molecule has 0 aliphatic heterocycles. The fourth-order valence-corrected chi connectivity index (χ4v) is 3.02. The van der Waals surface area contributed by atoms with Crippen molar-refractivity contribution in [1.82, 2.24) is 9.78 Å². The van der Waals surface area contributed by atoms with E-state index in [1.54, 1.807) is 36.9 Å². The number of hydrogen-bond donors (Lipinski definition) is 1. The molecule has 1 amide bonds. The summed E-state index contributed by atoms with van der Waals surface area (Å²) < 4.78 is 1.23. The van der Waals surface area contributed by atoms with Crippen LogP contribution in [0.3, 0.4) is 0 Å². The van der Waals surface area contributed by atoms with E-state index in [4.69, 9.17) is 0 Å². The zero-order chi connectivity index (χ0) is 20.3. The number of rotatable bonds is 5. The molecule has 142 valence electrons. The molecular weight excluding hydrogens is 380 g/mol. The molecule has 0 unspecified atom stereocenters. The van der Waals surface area contributed by atoms with Crippen LogP contribution < -0.4 is 10.7 Å². The standard InChI is InChI=1S/C19H16N4O4S/c1-12-11-17(24)18(19(25)20-13-7-9-14(28-2)10-8-13)21-22(12)15-5-3-4-6-16(15)23(26)27/h3-11H,1-2H3,(H,20,25). The second-order valence-electron chi connectivity index (χ2n) is 5.84. The third-order valence-corrected chi connectivity index (χ3v) is 4.72. The monoisotopic (exact) mass is 396 g/mol. The summed E-state index contributed by atoms with van der Waals surface area (Å²) in [6.07, 6.45) is 1.94. The third-order valence-electron chi connectivity index (χ3n) is 3.98. The Balaban J connectivity index is 2.01. The van der Waals surface area contributed by atoms with Crippen molar-refractivity contribution in [1.29, 1.82) is 0 Å². The average molecular weight is 396 g/mol. The van der Waals surface area contributed by atoms with Crippen LogP contribution in [0.25, 0.3) is 5.69 Å². The van der Waals surface area contributed by atoms with Crippen LogP contribution in [-0.4, -0.2) is 26.9 Å². The minimum atomic E-state index is -0.686. The van der Waals surface area contributed by atoms with Crippen LogP contribution in [0, 0.1) is 17.0 Å². The Kier molecular flexibility index (Phi) is 5.55. The van der Waals surface area contributed by atoms with Gasteiger partial charge in [-0.1, -0.05) is 12.1 Å². The normalized spacial score (nSPS) is 10.5. The number of benzene rings is 2. The fraction of sp³-hybridized carbons (Fsp3) is 0.105. The summed E-state index contributed by atoms with van der Waals surface area (Å²) in [6, 6.07) is 14.3. The number of amides is 1. The lowest BCUT2D eigenvalue weighted by atomic mass is 10.2. The van der Waals surface area contributed by atoms with E-state index in [1.165, 1.54) is 28.9 Å². The van der Waals surface area contributed by atoms with Crippen LogP contribution in [0.1, 0.15) is 16.2 Å². The first-order valence-corrected chi connectivity index (χ1v) is 9.43. The highest BCUT2D eigenvalue weighted by molar-refractivity contribution is 7.98. The summed E-state index contributed by atoms with van der Waals surface area (Å²) in [6.45, 7) is 1.59. The maximum Gasteiger partial charge on any atom is 0.294 e. The van der Waals surface area contributed by atoms with Crippen molar-refractivity contribution in [3.63, 3.8) is 0 Å². The summed E-state index contributed by atoms with van der Waals surface area (Å²) >= 11 is 1.57. The van der Waals surface area contributed by atoms with Crippen molar-refractivity contribution in [2.24, 2.45) is 0 Å². The largest absolute Gasteiger partial charge is 0.320 e. The maximum atomic E-state index is 12.6. The fourth-order valence-electron chi connectivity index (χ4n) is 2.61. The van der Waals surface area contributed by atoms with Gasteiger partial charge in [0.1, 0.15) is 5.69 Å². The molecule has 1 N–H and O–H groups in total. The first kappa shape index (κ1) is 19.3. The van der Waals surface area contributed by atoms with Crippen molar-refractivity contribution in [3.05, 3.63) is 86.3 Å². The number of hydrogen-bond acceptors (Lipinski definition) is 6. The van der Waals surface area contributed by atoms with E-state index in [2.05, 4.69) is 10.4 Å². The highest BCUT2D eigenvalue weighted by Gasteiger charge is 2.20. The lowest BCUT2D eigenvalue weighted by Crippen LogP contribution is -2.27. The Bertz CT molecular complexity index is 1110. The molecule has 0 saturated carbocycles. The van der Waals surface area contributed by atoms with Crippen molar-refractivity contribution in [2.75, 3.05) is 11.6 Å². The van der Waals surface area contributed by atoms with Gasteiger partial charge in [-0.2, -0.15) is 5.10 Å². The lowest BCUT2D eigenvalue weighted by molar-refractivity contribution is -0.384. The molecule has 28 heavy (non-hydrogen) atoms. The quantitative estimate of drug-likeness (QED) is 0.402. The van der Waals surface area contributed by atoms with Crippen LogP contribution in [0.5, 0.6) is 0 Å². The molecule has 0 aliphatic carbocycles. The van der Waals surface area contributed by atoms with Gasteiger partial charge in [-0.05, 0) is 43.5 Å². The number of aromatic nitrogens is 2. The summed E-state index contributed by atoms with van der Waals surface area (Å²) in [5.74, 6) is -0.686. The van der Waals surface area contributed by atoms with Gasteiger partial charge in [-0.25, -0.2) is 4.68 Å². The number of carbonyl (C=O) groups is 1. The second-order valence-corrected chi connectivity index (χ2v) is 6.72. The second kappa shape index (κ2) is 8.05.